The molecule has 0 aliphatic rings. The van der Waals surface area contributed by atoms with Crippen molar-refractivity contribution in [3.8, 4) is 0 Å². The second-order valence-electron chi connectivity index (χ2n) is 0.886. The van der Waals surface area contributed by atoms with Crippen LogP contribution in [0.5, 0.6) is 0 Å². The van der Waals surface area contributed by atoms with Gasteiger partial charge in [-0.05, 0) is 5.65 Å². The third-order valence-corrected chi connectivity index (χ3v) is 2.60. The molecule has 0 nitrogen and oxygen atoms in total. The molecule has 0 heterocycles. The third-order valence-electron chi connectivity index (χ3n) is 0.426. The second kappa shape index (κ2) is 6.14. The quantitative estimate of drug-likeness (QED) is 0.289. The SMILES string of the molecule is BCSCCI. The molecule has 0 aromatic rings. The second-order valence-corrected chi connectivity index (χ2v) is 3.36. The van der Waals surface area contributed by atoms with Crippen LogP contribution >= 0.6 is 34.4 Å². The van der Waals surface area contributed by atoms with Crippen molar-refractivity contribution in [1.29, 1.82) is 0 Å². The van der Waals surface area contributed by atoms with Crippen LogP contribution in [0.2, 0.25) is 0 Å². The average Bonchev–Trinajstić information content (AvgIpc) is 1.61. The van der Waals surface area contributed by atoms with Crippen LogP contribution in [-0.4, -0.2) is 23.7 Å². The van der Waals surface area contributed by atoms with Crippen LogP contribution in [-0.2, 0) is 0 Å². The average molecular weight is 214 g/mol. The van der Waals surface area contributed by atoms with Crippen LogP contribution in [0.15, 0.2) is 0 Å². The molecule has 0 bridgehead atoms. The molecule has 36 valence electrons. The van der Waals surface area contributed by atoms with E-state index in [0.29, 0.717) is 0 Å². The molecule has 0 saturated carbocycles. The van der Waals surface area contributed by atoms with E-state index >= 15 is 0 Å². The molecule has 0 atom stereocenters. The Hall–Kier alpha value is 1.14. The van der Waals surface area contributed by atoms with Crippen molar-refractivity contribution in [2.24, 2.45) is 0 Å². The molecular formula is C3H8BIS. The van der Waals surface area contributed by atoms with Crippen molar-refractivity contribution < 1.29 is 0 Å². The molecule has 0 aromatic carbocycles. The fourth-order valence-electron chi connectivity index (χ4n) is 0.199. The van der Waals surface area contributed by atoms with Gasteiger partial charge in [0.05, 0.1) is 0 Å². The van der Waals surface area contributed by atoms with Crippen LogP contribution in [0.3, 0.4) is 0 Å². The summed E-state index contributed by atoms with van der Waals surface area (Å²) in [6.45, 7) is 0. The highest BCUT2D eigenvalue weighted by Gasteiger charge is 1.76. The Morgan fingerprint density at radius 2 is 2.33 bits per heavy atom. The molecule has 0 amide bonds. The van der Waals surface area contributed by atoms with Crippen LogP contribution < -0.4 is 0 Å². The van der Waals surface area contributed by atoms with E-state index in [9.17, 15) is 0 Å². The Morgan fingerprint density at radius 3 is 2.50 bits per heavy atom. The van der Waals surface area contributed by atoms with Crippen molar-refractivity contribution in [3.63, 3.8) is 0 Å². The minimum absolute atomic E-state index is 1.27. The topological polar surface area (TPSA) is 0 Å². The van der Waals surface area contributed by atoms with E-state index in [4.69, 9.17) is 0 Å². The molecule has 0 saturated heterocycles. The van der Waals surface area contributed by atoms with Gasteiger partial charge in [-0.2, -0.15) is 11.8 Å². The molecular weight excluding hydrogens is 206 g/mol. The van der Waals surface area contributed by atoms with Crippen LogP contribution in [0.1, 0.15) is 0 Å². The van der Waals surface area contributed by atoms with Gasteiger partial charge >= 0.3 is 0 Å². The summed E-state index contributed by atoms with van der Waals surface area (Å²) in [5.41, 5.74) is 1.27. The lowest BCUT2D eigenvalue weighted by molar-refractivity contribution is 1.61. The molecule has 0 rings (SSSR count). The first-order valence-corrected chi connectivity index (χ1v) is 4.73. The van der Waals surface area contributed by atoms with Gasteiger partial charge in [0, 0.05) is 10.2 Å². The maximum absolute atomic E-state index is 2.39. The van der Waals surface area contributed by atoms with Gasteiger partial charge in [0.25, 0.3) is 0 Å². The van der Waals surface area contributed by atoms with E-state index in [2.05, 4.69) is 30.4 Å². The van der Waals surface area contributed by atoms with E-state index in [1.165, 1.54) is 15.8 Å². The van der Waals surface area contributed by atoms with E-state index in [1.54, 1.807) is 0 Å². The molecule has 0 spiro atoms. The van der Waals surface area contributed by atoms with Gasteiger partial charge in [0.1, 0.15) is 7.85 Å². The minimum Gasteiger partial charge on any atom is -0.170 e. The Kier molecular flexibility index (Phi) is 7.32. The van der Waals surface area contributed by atoms with Crippen molar-refractivity contribution >= 4 is 42.2 Å². The zero-order valence-corrected chi connectivity index (χ0v) is 6.88. The maximum Gasteiger partial charge on any atom is 0.114 e. The predicted molar refractivity (Wildman–Crippen MR) is 44.8 cm³/mol. The largest absolute Gasteiger partial charge is 0.170 e. The molecule has 0 fully saturated rings. The zero-order chi connectivity index (χ0) is 4.83. The smallest absolute Gasteiger partial charge is 0.114 e. The zero-order valence-electron chi connectivity index (χ0n) is 3.91. The predicted octanol–water partition coefficient (Wildman–Crippen LogP) is 0.745. The highest BCUT2D eigenvalue weighted by atomic mass is 127. The lowest BCUT2D eigenvalue weighted by Crippen LogP contribution is -1.79. The lowest BCUT2D eigenvalue weighted by atomic mass is 10.2. The fourth-order valence-corrected chi connectivity index (χ4v) is 1.53. The molecule has 0 radical (unpaired) electrons. The van der Waals surface area contributed by atoms with E-state index in [-0.39, 0.29) is 0 Å². The highest BCUT2D eigenvalue weighted by molar-refractivity contribution is 14.1. The van der Waals surface area contributed by atoms with Crippen molar-refractivity contribution in [2.45, 2.75) is 0 Å². The Labute approximate surface area is 58.0 Å². The molecule has 0 aromatic heterocycles. The van der Waals surface area contributed by atoms with E-state index < -0.39 is 0 Å². The number of alkyl halides is 1. The molecule has 6 heavy (non-hydrogen) atoms. The van der Waals surface area contributed by atoms with Gasteiger partial charge in [-0.1, -0.05) is 22.6 Å². The number of hydrogen-bond acceptors (Lipinski definition) is 1. The lowest BCUT2D eigenvalue weighted by Gasteiger charge is -1.85. The normalized spacial score (nSPS) is 8.83. The number of rotatable bonds is 3. The number of thioether (sulfide) groups is 1. The number of halogens is 1. The maximum atomic E-state index is 2.39. The summed E-state index contributed by atoms with van der Waals surface area (Å²) < 4.78 is 1.29. The molecule has 0 unspecified atom stereocenters. The van der Waals surface area contributed by atoms with Crippen LogP contribution in [0, 0.1) is 0 Å². The first-order chi connectivity index (χ1) is 2.91. The Morgan fingerprint density at radius 1 is 1.67 bits per heavy atom. The Bertz CT molecular complexity index is 22.8. The highest BCUT2D eigenvalue weighted by Crippen LogP contribution is 1.96. The molecule has 0 aliphatic heterocycles. The van der Waals surface area contributed by atoms with Crippen molar-refractivity contribution in [3.05, 3.63) is 0 Å². The van der Waals surface area contributed by atoms with Gasteiger partial charge in [-0.15, -0.1) is 0 Å². The summed E-state index contributed by atoms with van der Waals surface area (Å²) in [5.74, 6) is 1.32. The minimum atomic E-state index is 1.27. The third kappa shape index (κ3) is 5.14. The van der Waals surface area contributed by atoms with E-state index in [0.717, 1.165) is 0 Å². The summed E-state index contributed by atoms with van der Waals surface area (Å²) >= 11 is 4.39. The first-order valence-electron chi connectivity index (χ1n) is 2.05. The van der Waals surface area contributed by atoms with Gasteiger partial charge in [0.15, 0.2) is 0 Å². The number of hydrogen-bond donors (Lipinski definition) is 0. The molecule has 0 N–H and O–H groups in total. The van der Waals surface area contributed by atoms with Gasteiger partial charge in [-0.3, -0.25) is 0 Å². The van der Waals surface area contributed by atoms with Gasteiger partial charge in [-0.25, -0.2) is 0 Å². The summed E-state index contributed by atoms with van der Waals surface area (Å²) in [7, 11) is 2.19. The Balaban J connectivity index is 2.34. The van der Waals surface area contributed by atoms with E-state index in [1.807, 2.05) is 11.8 Å². The molecule has 3 heteroatoms. The van der Waals surface area contributed by atoms with Gasteiger partial charge in [0.2, 0.25) is 0 Å². The standard InChI is InChI=1S/C3H8BIS/c4-3-6-2-1-5/h1-4H2. The van der Waals surface area contributed by atoms with Crippen LogP contribution in [0.4, 0.5) is 0 Å². The monoisotopic (exact) mass is 214 g/mol. The summed E-state index contributed by atoms with van der Waals surface area (Å²) in [6, 6.07) is 0. The van der Waals surface area contributed by atoms with Crippen LogP contribution in [0.25, 0.3) is 0 Å². The molecule has 0 aliphatic carbocycles. The summed E-state index contributed by atoms with van der Waals surface area (Å²) in [5, 5.41) is 0. The van der Waals surface area contributed by atoms with Gasteiger partial charge < -0.3 is 0 Å². The first kappa shape index (κ1) is 7.14. The summed E-state index contributed by atoms with van der Waals surface area (Å²) in [4.78, 5) is 0. The fraction of sp³-hybridized carbons (Fsp3) is 1.00. The summed E-state index contributed by atoms with van der Waals surface area (Å²) in [6.07, 6.45) is 0. The van der Waals surface area contributed by atoms with Crippen molar-refractivity contribution in [2.75, 3.05) is 15.8 Å². The van der Waals surface area contributed by atoms with Crippen molar-refractivity contribution in [1.82, 2.24) is 0 Å².